The molecule has 0 bridgehead atoms. The third kappa shape index (κ3) is 3.67. The van der Waals surface area contributed by atoms with Crippen LogP contribution >= 0.6 is 0 Å². The molecule has 0 aromatic carbocycles. The van der Waals surface area contributed by atoms with Gasteiger partial charge in [0.2, 0.25) is 0 Å². The van der Waals surface area contributed by atoms with E-state index in [-0.39, 0.29) is 0 Å². The van der Waals surface area contributed by atoms with E-state index in [1.54, 1.807) is 0 Å². The fourth-order valence-corrected chi connectivity index (χ4v) is 1.83. The van der Waals surface area contributed by atoms with Gasteiger partial charge in [-0.1, -0.05) is 20.3 Å². The summed E-state index contributed by atoms with van der Waals surface area (Å²) in [5, 5.41) is 3.59. The van der Waals surface area contributed by atoms with Gasteiger partial charge < -0.3 is 9.88 Å². The summed E-state index contributed by atoms with van der Waals surface area (Å²) in [4.78, 5) is 4.17. The van der Waals surface area contributed by atoms with Gasteiger partial charge in [0.05, 0.1) is 12.0 Å². The minimum atomic E-state index is 0.648. The van der Waals surface area contributed by atoms with Crippen LogP contribution in [0.3, 0.4) is 0 Å². The van der Waals surface area contributed by atoms with E-state index in [1.165, 1.54) is 25.0 Å². The smallest absolute Gasteiger partial charge is 0.0948 e. The van der Waals surface area contributed by atoms with Crippen LogP contribution in [0.4, 0.5) is 0 Å². The fraction of sp³-hybridized carbons (Fsp3) is 0.750. The molecule has 0 radical (unpaired) electrons. The lowest BCUT2D eigenvalue weighted by Crippen LogP contribution is -2.28. The van der Waals surface area contributed by atoms with E-state index in [0.717, 1.165) is 13.1 Å². The van der Waals surface area contributed by atoms with Crippen molar-refractivity contribution in [2.45, 2.75) is 59.2 Å². The van der Waals surface area contributed by atoms with Crippen molar-refractivity contribution in [1.82, 2.24) is 14.9 Å². The Bertz CT molecular complexity index is 268. The predicted octanol–water partition coefficient (Wildman–Crippen LogP) is 2.57. The summed E-state index contributed by atoms with van der Waals surface area (Å²) in [5.74, 6) is 0. The fourth-order valence-electron chi connectivity index (χ4n) is 1.83. The van der Waals surface area contributed by atoms with Crippen LogP contribution in [0.25, 0.3) is 0 Å². The van der Waals surface area contributed by atoms with Gasteiger partial charge in [-0.2, -0.15) is 0 Å². The molecule has 1 heterocycles. The number of imidazole rings is 1. The van der Waals surface area contributed by atoms with Crippen molar-refractivity contribution >= 4 is 0 Å². The highest BCUT2D eigenvalue weighted by atomic mass is 15.1. The lowest BCUT2D eigenvalue weighted by molar-refractivity contribution is 0.454. The van der Waals surface area contributed by atoms with Crippen LogP contribution in [-0.4, -0.2) is 15.6 Å². The van der Waals surface area contributed by atoms with E-state index in [1.807, 2.05) is 12.5 Å². The molecule has 1 aromatic rings. The Morgan fingerprint density at radius 2 is 2.20 bits per heavy atom. The molecule has 1 unspecified atom stereocenters. The maximum atomic E-state index is 4.17. The first-order valence-corrected chi connectivity index (χ1v) is 6.04. The Balaban J connectivity index is 2.41. The summed E-state index contributed by atoms with van der Waals surface area (Å²) in [7, 11) is 0. The molecule has 3 nitrogen and oxygen atoms in total. The first-order chi connectivity index (χ1) is 7.31. The van der Waals surface area contributed by atoms with Crippen LogP contribution in [0.1, 0.15) is 45.7 Å². The van der Waals surface area contributed by atoms with Gasteiger partial charge in [-0.05, 0) is 19.8 Å². The van der Waals surface area contributed by atoms with Gasteiger partial charge in [-0.25, -0.2) is 4.98 Å². The number of rotatable bonds is 7. The van der Waals surface area contributed by atoms with E-state index in [0.29, 0.717) is 6.04 Å². The van der Waals surface area contributed by atoms with E-state index in [4.69, 9.17) is 0 Å². The predicted molar refractivity (Wildman–Crippen MR) is 63.7 cm³/mol. The summed E-state index contributed by atoms with van der Waals surface area (Å²) in [5.41, 5.74) is 1.28. The second-order valence-electron chi connectivity index (χ2n) is 3.95. The molecule has 1 N–H and O–H groups in total. The molecule has 86 valence electrons. The van der Waals surface area contributed by atoms with E-state index < -0.39 is 0 Å². The quantitative estimate of drug-likeness (QED) is 0.748. The average Bonchev–Trinajstić information content (AvgIpc) is 2.71. The number of nitrogens with one attached hydrogen (secondary N) is 1. The normalized spacial score (nSPS) is 13.0. The number of aromatic nitrogens is 2. The summed E-state index contributed by atoms with van der Waals surface area (Å²) in [6.07, 6.45) is 7.57. The summed E-state index contributed by atoms with van der Waals surface area (Å²) < 4.78 is 2.19. The Morgan fingerprint density at radius 1 is 1.40 bits per heavy atom. The SMILES string of the molecule is CCCC(CC)NCc1cncn1CC. The van der Waals surface area contributed by atoms with Gasteiger partial charge >= 0.3 is 0 Å². The molecular weight excluding hydrogens is 186 g/mol. The molecule has 3 heteroatoms. The Morgan fingerprint density at radius 3 is 2.80 bits per heavy atom. The van der Waals surface area contributed by atoms with Crippen molar-refractivity contribution in [1.29, 1.82) is 0 Å². The molecule has 1 rings (SSSR count). The van der Waals surface area contributed by atoms with Gasteiger partial charge in [-0.15, -0.1) is 0 Å². The second kappa shape index (κ2) is 6.62. The zero-order valence-electron chi connectivity index (χ0n) is 10.2. The van der Waals surface area contributed by atoms with Crippen LogP contribution < -0.4 is 5.32 Å². The Labute approximate surface area is 92.9 Å². The first kappa shape index (κ1) is 12.2. The number of nitrogens with zero attached hydrogens (tertiary/aromatic N) is 2. The summed E-state index contributed by atoms with van der Waals surface area (Å²) in [6.45, 7) is 8.56. The molecule has 0 spiro atoms. The Kier molecular flexibility index (Phi) is 5.40. The molecule has 1 aromatic heterocycles. The molecule has 0 amide bonds. The highest BCUT2D eigenvalue weighted by Crippen LogP contribution is 2.04. The Hall–Kier alpha value is -0.830. The third-order valence-electron chi connectivity index (χ3n) is 2.84. The second-order valence-corrected chi connectivity index (χ2v) is 3.95. The maximum Gasteiger partial charge on any atom is 0.0948 e. The number of aryl methyl sites for hydroxylation is 1. The lowest BCUT2D eigenvalue weighted by Gasteiger charge is -2.16. The monoisotopic (exact) mass is 209 g/mol. The molecule has 0 aliphatic carbocycles. The third-order valence-corrected chi connectivity index (χ3v) is 2.84. The minimum absolute atomic E-state index is 0.648. The molecule has 0 aliphatic heterocycles. The van der Waals surface area contributed by atoms with Crippen LogP contribution in [0.15, 0.2) is 12.5 Å². The van der Waals surface area contributed by atoms with Crippen LogP contribution in [0, 0.1) is 0 Å². The van der Waals surface area contributed by atoms with Crippen molar-refractivity contribution in [2.24, 2.45) is 0 Å². The van der Waals surface area contributed by atoms with Crippen LogP contribution in [-0.2, 0) is 13.1 Å². The molecule has 15 heavy (non-hydrogen) atoms. The van der Waals surface area contributed by atoms with Crippen molar-refractivity contribution < 1.29 is 0 Å². The van der Waals surface area contributed by atoms with Crippen molar-refractivity contribution in [3.8, 4) is 0 Å². The van der Waals surface area contributed by atoms with E-state index in [9.17, 15) is 0 Å². The highest BCUT2D eigenvalue weighted by molar-refractivity contribution is 4.97. The van der Waals surface area contributed by atoms with E-state index >= 15 is 0 Å². The van der Waals surface area contributed by atoms with Gasteiger partial charge in [0.25, 0.3) is 0 Å². The number of hydrogen-bond acceptors (Lipinski definition) is 2. The average molecular weight is 209 g/mol. The molecule has 0 saturated heterocycles. The first-order valence-electron chi connectivity index (χ1n) is 6.04. The molecular formula is C12H23N3. The van der Waals surface area contributed by atoms with E-state index in [2.05, 4.69) is 35.6 Å². The molecule has 0 saturated carbocycles. The summed E-state index contributed by atoms with van der Waals surface area (Å²) in [6, 6.07) is 0.648. The van der Waals surface area contributed by atoms with Crippen LogP contribution in [0.2, 0.25) is 0 Å². The molecule has 0 aliphatic rings. The van der Waals surface area contributed by atoms with Gasteiger partial charge in [-0.3, -0.25) is 0 Å². The molecule has 1 atom stereocenters. The van der Waals surface area contributed by atoms with Crippen LogP contribution in [0.5, 0.6) is 0 Å². The zero-order chi connectivity index (χ0) is 11.1. The maximum absolute atomic E-state index is 4.17. The highest BCUT2D eigenvalue weighted by Gasteiger charge is 2.05. The molecule has 0 fully saturated rings. The lowest BCUT2D eigenvalue weighted by atomic mass is 10.1. The standard InChI is InChI=1S/C12H23N3/c1-4-7-11(5-2)14-9-12-8-13-10-15(12)6-3/h8,10-11,14H,4-7,9H2,1-3H3. The zero-order valence-corrected chi connectivity index (χ0v) is 10.2. The van der Waals surface area contributed by atoms with Crippen molar-refractivity contribution in [2.75, 3.05) is 0 Å². The van der Waals surface area contributed by atoms with Gasteiger partial charge in [0.1, 0.15) is 0 Å². The minimum Gasteiger partial charge on any atom is -0.334 e. The van der Waals surface area contributed by atoms with Gasteiger partial charge in [0, 0.05) is 25.3 Å². The van der Waals surface area contributed by atoms with Crippen molar-refractivity contribution in [3.05, 3.63) is 18.2 Å². The largest absolute Gasteiger partial charge is 0.334 e. The topological polar surface area (TPSA) is 29.9 Å². The van der Waals surface area contributed by atoms with Crippen molar-refractivity contribution in [3.63, 3.8) is 0 Å². The van der Waals surface area contributed by atoms with Gasteiger partial charge in [0.15, 0.2) is 0 Å². The summed E-state index contributed by atoms with van der Waals surface area (Å²) >= 11 is 0. The number of hydrogen-bond donors (Lipinski definition) is 1.